The van der Waals surface area contributed by atoms with E-state index in [2.05, 4.69) is 0 Å². The molecule has 2 rings (SSSR count). The number of carbonyl (C=O) groups excluding carboxylic acids is 2. The van der Waals surface area contributed by atoms with Gasteiger partial charge in [0.1, 0.15) is 12.2 Å². The first-order valence-corrected chi connectivity index (χ1v) is 13.2. The Morgan fingerprint density at radius 2 is 1.79 bits per heavy atom. The number of carbonyl (C=O) groups is 2. The predicted octanol–water partition coefficient (Wildman–Crippen LogP) is 3.37. The Bertz CT molecular complexity index is 973. The van der Waals surface area contributed by atoms with Gasteiger partial charge in [-0.15, -0.1) is 0 Å². The first-order chi connectivity index (χ1) is 17.8. The molecule has 0 aliphatic carbocycles. The average molecular weight is 533 g/mol. The number of aliphatic hydroxyl groups is 3. The molecular formula is C30H44O8. The van der Waals surface area contributed by atoms with E-state index in [4.69, 9.17) is 14.2 Å². The molecule has 0 spiro atoms. The fraction of sp³-hybridized carbons (Fsp3) is 0.600. The smallest absolute Gasteiger partial charge is 0.334 e. The Morgan fingerprint density at radius 3 is 2.42 bits per heavy atom. The summed E-state index contributed by atoms with van der Waals surface area (Å²) in [6, 6.07) is 0. The SMILES string of the molecule is CO[C@H]1C[C@H]2O[C@H]1C=C(C)[C@H](O)CC=CC=C(C)C(=O)[C@@H](C)C=C(C)C(=O)O[C@H](/C=C/[C@@H](O)[C@H](C)O)[C@@H]2C. The fourth-order valence-corrected chi connectivity index (χ4v) is 4.49. The van der Waals surface area contributed by atoms with Crippen molar-refractivity contribution in [2.24, 2.45) is 11.8 Å². The first-order valence-electron chi connectivity index (χ1n) is 13.2. The Morgan fingerprint density at radius 1 is 1.11 bits per heavy atom. The van der Waals surface area contributed by atoms with E-state index in [1.54, 1.807) is 52.2 Å². The quantitative estimate of drug-likeness (QED) is 0.372. The highest BCUT2D eigenvalue weighted by molar-refractivity contribution is 5.99. The van der Waals surface area contributed by atoms with Crippen molar-refractivity contribution in [3.05, 3.63) is 59.3 Å². The second-order valence-electron chi connectivity index (χ2n) is 10.4. The molecule has 0 radical (unpaired) electrons. The van der Waals surface area contributed by atoms with Crippen LogP contribution in [0.3, 0.4) is 0 Å². The van der Waals surface area contributed by atoms with Crippen LogP contribution in [0.5, 0.6) is 0 Å². The summed E-state index contributed by atoms with van der Waals surface area (Å²) in [5, 5.41) is 30.5. The molecule has 0 aromatic carbocycles. The van der Waals surface area contributed by atoms with Gasteiger partial charge in [0.05, 0.1) is 30.5 Å². The van der Waals surface area contributed by atoms with E-state index in [9.17, 15) is 24.9 Å². The van der Waals surface area contributed by atoms with Crippen molar-refractivity contribution in [2.45, 2.75) is 97.1 Å². The van der Waals surface area contributed by atoms with Gasteiger partial charge in [0.25, 0.3) is 0 Å². The van der Waals surface area contributed by atoms with Crippen molar-refractivity contribution >= 4 is 11.8 Å². The summed E-state index contributed by atoms with van der Waals surface area (Å²) in [6.45, 7) is 10.2. The van der Waals surface area contributed by atoms with Crippen LogP contribution < -0.4 is 0 Å². The largest absolute Gasteiger partial charge is 0.454 e. The van der Waals surface area contributed by atoms with Gasteiger partial charge in [0, 0.05) is 30.9 Å². The van der Waals surface area contributed by atoms with E-state index in [1.165, 1.54) is 13.0 Å². The summed E-state index contributed by atoms with van der Waals surface area (Å²) in [7, 11) is 1.61. The van der Waals surface area contributed by atoms with E-state index in [0.29, 0.717) is 18.4 Å². The lowest BCUT2D eigenvalue weighted by Crippen LogP contribution is -2.33. The number of hydrogen-bond acceptors (Lipinski definition) is 8. The molecule has 1 fully saturated rings. The number of cyclic esters (lactones) is 1. The number of hydrogen-bond donors (Lipinski definition) is 3. The number of fused-ring (bicyclic) bond motifs is 2. The monoisotopic (exact) mass is 532 g/mol. The molecule has 3 N–H and O–H groups in total. The molecule has 0 aromatic heterocycles. The minimum absolute atomic E-state index is 0.127. The van der Waals surface area contributed by atoms with Crippen LogP contribution in [0.1, 0.15) is 54.4 Å². The molecular weight excluding hydrogens is 488 g/mol. The number of Topliss-reactive ketones (excluding diaryl/α,β-unsaturated/α-hetero) is 1. The molecule has 0 unspecified atom stereocenters. The van der Waals surface area contributed by atoms with Gasteiger partial charge >= 0.3 is 5.97 Å². The predicted molar refractivity (Wildman–Crippen MR) is 145 cm³/mol. The lowest BCUT2D eigenvalue weighted by molar-refractivity contribution is -0.146. The topological polar surface area (TPSA) is 123 Å². The first kappa shape index (κ1) is 31.9. The maximum Gasteiger partial charge on any atom is 0.334 e. The van der Waals surface area contributed by atoms with Gasteiger partial charge in [0.2, 0.25) is 0 Å². The minimum Gasteiger partial charge on any atom is -0.454 e. The highest BCUT2D eigenvalue weighted by Gasteiger charge is 2.40. The number of aliphatic hydroxyl groups excluding tert-OH is 3. The van der Waals surface area contributed by atoms with E-state index in [-0.39, 0.29) is 29.5 Å². The summed E-state index contributed by atoms with van der Waals surface area (Å²) in [5.41, 5.74) is 1.55. The summed E-state index contributed by atoms with van der Waals surface area (Å²) >= 11 is 0. The van der Waals surface area contributed by atoms with Crippen molar-refractivity contribution in [3.63, 3.8) is 0 Å². The average Bonchev–Trinajstić information content (AvgIpc) is 3.29. The van der Waals surface area contributed by atoms with Gasteiger partial charge < -0.3 is 29.5 Å². The maximum atomic E-state index is 13.0. The molecule has 0 amide bonds. The third-order valence-electron chi connectivity index (χ3n) is 7.22. The van der Waals surface area contributed by atoms with Gasteiger partial charge in [0.15, 0.2) is 5.78 Å². The van der Waals surface area contributed by atoms with Crippen molar-refractivity contribution in [3.8, 4) is 0 Å². The van der Waals surface area contributed by atoms with Gasteiger partial charge in [-0.05, 0) is 51.3 Å². The van der Waals surface area contributed by atoms with Crippen molar-refractivity contribution in [2.75, 3.05) is 7.11 Å². The minimum atomic E-state index is -1.13. The standard InChI is InChI=1S/C30H44O8/c1-17-10-8-9-11-23(32)18(2)15-28-27(36-7)16-26(37-28)21(5)25(13-12-24(33)22(6)31)38-30(35)20(4)14-19(3)29(17)34/h8-10,12-15,19,21-28,31-33H,11,16H2,1-7H3/b9-8?,13-12+,17-10?,18-15?,20-14?/t19-,21-,22-,23+,24+,25+,26+,27-,28-/m0/s1. The van der Waals surface area contributed by atoms with Crippen molar-refractivity contribution < 1.29 is 39.1 Å². The van der Waals surface area contributed by atoms with Crippen LogP contribution in [0.2, 0.25) is 0 Å². The van der Waals surface area contributed by atoms with E-state index in [1.807, 2.05) is 26.0 Å². The van der Waals surface area contributed by atoms with Crippen LogP contribution in [-0.4, -0.2) is 76.9 Å². The number of allylic oxidation sites excluding steroid dienone is 4. The Hall–Kier alpha value is -2.36. The molecule has 0 saturated carbocycles. The molecule has 212 valence electrons. The van der Waals surface area contributed by atoms with E-state index >= 15 is 0 Å². The molecule has 0 aromatic rings. The van der Waals surface area contributed by atoms with Gasteiger partial charge in [-0.1, -0.05) is 50.3 Å². The Balaban J connectivity index is 2.48. The van der Waals surface area contributed by atoms with E-state index in [0.717, 1.165) is 5.57 Å². The van der Waals surface area contributed by atoms with Gasteiger partial charge in [-0.3, -0.25) is 4.79 Å². The zero-order valence-electron chi connectivity index (χ0n) is 23.5. The second-order valence-corrected chi connectivity index (χ2v) is 10.4. The third kappa shape index (κ3) is 8.85. The second kappa shape index (κ2) is 14.7. The lowest BCUT2D eigenvalue weighted by atomic mass is 9.93. The maximum absolute atomic E-state index is 13.0. The van der Waals surface area contributed by atoms with Crippen LogP contribution in [0.25, 0.3) is 0 Å². The highest BCUT2D eigenvalue weighted by Crippen LogP contribution is 2.32. The fourth-order valence-electron chi connectivity index (χ4n) is 4.49. The molecule has 2 aliphatic rings. The van der Waals surface area contributed by atoms with Crippen molar-refractivity contribution in [1.82, 2.24) is 0 Å². The van der Waals surface area contributed by atoms with Crippen LogP contribution in [-0.2, 0) is 23.8 Å². The summed E-state index contributed by atoms with van der Waals surface area (Å²) in [5.74, 6) is -1.60. The normalized spacial score (nSPS) is 33.9. The zero-order valence-corrected chi connectivity index (χ0v) is 23.5. The molecule has 38 heavy (non-hydrogen) atoms. The van der Waals surface area contributed by atoms with Crippen LogP contribution >= 0.6 is 0 Å². The van der Waals surface area contributed by atoms with Crippen LogP contribution in [0.4, 0.5) is 0 Å². The molecule has 8 nitrogen and oxygen atoms in total. The Kier molecular flexibility index (Phi) is 12.3. The molecule has 9 atom stereocenters. The molecule has 1 saturated heterocycles. The van der Waals surface area contributed by atoms with Gasteiger partial charge in [-0.25, -0.2) is 4.79 Å². The molecule has 8 heteroatoms. The van der Waals surface area contributed by atoms with Crippen LogP contribution in [0.15, 0.2) is 59.3 Å². The van der Waals surface area contributed by atoms with Crippen LogP contribution in [0, 0.1) is 11.8 Å². The van der Waals surface area contributed by atoms with Crippen molar-refractivity contribution in [1.29, 1.82) is 0 Å². The molecule has 2 bridgehead atoms. The number of ketones is 1. The zero-order chi connectivity index (χ0) is 28.6. The molecule has 2 aliphatic heterocycles. The summed E-state index contributed by atoms with van der Waals surface area (Å²) in [6.07, 6.45) is 7.92. The number of ether oxygens (including phenoxy) is 3. The highest BCUT2D eigenvalue weighted by atomic mass is 16.6. The Labute approximate surface area is 226 Å². The van der Waals surface area contributed by atoms with Gasteiger partial charge in [-0.2, -0.15) is 0 Å². The van der Waals surface area contributed by atoms with E-state index < -0.39 is 42.4 Å². The summed E-state index contributed by atoms with van der Waals surface area (Å²) in [4.78, 5) is 25.9. The number of esters is 1. The lowest BCUT2D eigenvalue weighted by Gasteiger charge is -2.27. The molecule has 2 heterocycles. The number of rotatable bonds is 4. The summed E-state index contributed by atoms with van der Waals surface area (Å²) < 4.78 is 17.8. The number of methoxy groups -OCH3 is 1. The third-order valence-corrected chi connectivity index (χ3v) is 7.22.